The van der Waals surface area contributed by atoms with Gasteiger partial charge in [-0.2, -0.15) is 5.26 Å². The topological polar surface area (TPSA) is 54.5 Å². The van der Waals surface area contributed by atoms with Crippen molar-refractivity contribution in [2.24, 2.45) is 0 Å². The van der Waals surface area contributed by atoms with Crippen LogP contribution in [0.15, 0.2) is 42.6 Å². The first-order chi connectivity index (χ1) is 9.83. The summed E-state index contributed by atoms with van der Waals surface area (Å²) in [6, 6.07) is 13.0. The number of aromatic nitrogens is 3. The summed E-state index contributed by atoms with van der Waals surface area (Å²) >= 11 is 0. The number of nitrogens with zero attached hydrogens (tertiary/aromatic N) is 4. The molecule has 0 bridgehead atoms. The van der Waals surface area contributed by atoms with E-state index in [1.54, 1.807) is 18.3 Å². The van der Waals surface area contributed by atoms with Gasteiger partial charge in [-0.1, -0.05) is 12.1 Å². The van der Waals surface area contributed by atoms with E-state index in [0.717, 1.165) is 16.6 Å². The Hall–Kier alpha value is -2.74. The van der Waals surface area contributed by atoms with Gasteiger partial charge < -0.3 is 4.57 Å². The number of hydrogen-bond donors (Lipinski definition) is 0. The molecule has 4 nitrogen and oxygen atoms in total. The Morgan fingerprint density at radius 2 is 2.05 bits per heavy atom. The SMILES string of the molecule is N#Cc1ccc(-c2nc3ccccc3n2CCF)cn1. The van der Waals surface area contributed by atoms with Gasteiger partial charge in [0.2, 0.25) is 0 Å². The first-order valence-corrected chi connectivity index (χ1v) is 6.21. The lowest BCUT2D eigenvalue weighted by atomic mass is 10.2. The molecule has 0 N–H and O–H groups in total. The van der Waals surface area contributed by atoms with Crippen LogP contribution in [0.25, 0.3) is 22.4 Å². The highest BCUT2D eigenvalue weighted by Gasteiger charge is 2.12. The maximum absolute atomic E-state index is 12.8. The molecule has 0 aliphatic carbocycles. The van der Waals surface area contributed by atoms with Crippen molar-refractivity contribution in [1.82, 2.24) is 14.5 Å². The zero-order valence-corrected chi connectivity index (χ0v) is 10.6. The van der Waals surface area contributed by atoms with Crippen molar-refractivity contribution in [3.63, 3.8) is 0 Å². The van der Waals surface area contributed by atoms with Gasteiger partial charge in [0.15, 0.2) is 0 Å². The van der Waals surface area contributed by atoms with Crippen molar-refractivity contribution in [3.05, 3.63) is 48.3 Å². The summed E-state index contributed by atoms with van der Waals surface area (Å²) in [6.45, 7) is -0.215. The molecule has 0 aliphatic heterocycles. The van der Waals surface area contributed by atoms with Gasteiger partial charge in [-0.3, -0.25) is 0 Å². The molecule has 2 aromatic heterocycles. The minimum atomic E-state index is -0.461. The molecule has 0 spiro atoms. The van der Waals surface area contributed by atoms with Crippen molar-refractivity contribution < 1.29 is 4.39 Å². The van der Waals surface area contributed by atoms with Gasteiger partial charge in [-0.25, -0.2) is 14.4 Å². The molecule has 0 amide bonds. The number of halogens is 1. The molecule has 5 heteroatoms. The standard InChI is InChI=1S/C15H11FN4/c16-7-8-20-14-4-2-1-3-13(14)19-15(20)11-5-6-12(9-17)18-10-11/h1-6,10H,7-8H2. The van der Waals surface area contributed by atoms with E-state index in [1.165, 1.54) is 0 Å². The summed E-state index contributed by atoms with van der Waals surface area (Å²) in [6.07, 6.45) is 1.59. The van der Waals surface area contributed by atoms with Gasteiger partial charge in [0.05, 0.1) is 17.6 Å². The molecule has 0 radical (unpaired) electrons. The van der Waals surface area contributed by atoms with E-state index in [4.69, 9.17) is 5.26 Å². The third kappa shape index (κ3) is 2.01. The number of alkyl halides is 1. The molecular formula is C15H11FN4. The lowest BCUT2D eigenvalue weighted by Crippen LogP contribution is -2.02. The fourth-order valence-electron chi connectivity index (χ4n) is 2.20. The minimum absolute atomic E-state index is 0.246. The predicted molar refractivity (Wildman–Crippen MR) is 73.7 cm³/mol. The quantitative estimate of drug-likeness (QED) is 0.732. The van der Waals surface area contributed by atoms with Crippen molar-refractivity contribution in [2.75, 3.05) is 6.67 Å². The third-order valence-corrected chi connectivity index (χ3v) is 3.10. The van der Waals surface area contributed by atoms with Crippen LogP contribution in [-0.4, -0.2) is 21.2 Å². The number of nitriles is 1. The Kier molecular flexibility index (Phi) is 3.13. The number of para-hydroxylation sites is 2. The van der Waals surface area contributed by atoms with Crippen LogP contribution in [0.4, 0.5) is 4.39 Å². The molecule has 20 heavy (non-hydrogen) atoms. The van der Waals surface area contributed by atoms with Crippen molar-refractivity contribution in [2.45, 2.75) is 6.54 Å². The largest absolute Gasteiger partial charge is 0.321 e. The molecule has 0 saturated carbocycles. The Balaban J connectivity index is 2.18. The molecule has 3 rings (SSSR count). The lowest BCUT2D eigenvalue weighted by Gasteiger charge is -2.06. The Morgan fingerprint density at radius 1 is 1.20 bits per heavy atom. The van der Waals surface area contributed by atoms with Crippen LogP contribution in [0, 0.1) is 11.3 Å². The van der Waals surface area contributed by atoms with Crippen LogP contribution in [0.5, 0.6) is 0 Å². The number of hydrogen-bond acceptors (Lipinski definition) is 3. The summed E-state index contributed by atoms with van der Waals surface area (Å²) in [4.78, 5) is 8.57. The Bertz CT molecular complexity index is 784. The number of imidazole rings is 1. The summed E-state index contributed by atoms with van der Waals surface area (Å²) in [5, 5.41) is 8.77. The normalized spacial score (nSPS) is 10.6. The number of aryl methyl sites for hydroxylation is 1. The highest BCUT2D eigenvalue weighted by atomic mass is 19.1. The maximum Gasteiger partial charge on any atom is 0.142 e. The zero-order chi connectivity index (χ0) is 13.9. The molecule has 0 atom stereocenters. The molecule has 2 heterocycles. The first-order valence-electron chi connectivity index (χ1n) is 6.21. The smallest absolute Gasteiger partial charge is 0.142 e. The second-order valence-corrected chi connectivity index (χ2v) is 4.31. The Labute approximate surface area is 115 Å². The van der Waals surface area contributed by atoms with E-state index in [9.17, 15) is 4.39 Å². The number of benzene rings is 1. The summed E-state index contributed by atoms with van der Waals surface area (Å²) in [7, 11) is 0. The van der Waals surface area contributed by atoms with Crippen LogP contribution in [-0.2, 0) is 6.54 Å². The van der Waals surface area contributed by atoms with Gasteiger partial charge in [-0.05, 0) is 24.3 Å². The van der Waals surface area contributed by atoms with E-state index in [0.29, 0.717) is 11.5 Å². The number of fused-ring (bicyclic) bond motifs is 1. The summed E-state index contributed by atoms with van der Waals surface area (Å²) in [5.41, 5.74) is 2.83. The van der Waals surface area contributed by atoms with E-state index < -0.39 is 6.67 Å². The van der Waals surface area contributed by atoms with E-state index in [1.807, 2.05) is 34.9 Å². The van der Waals surface area contributed by atoms with Gasteiger partial charge >= 0.3 is 0 Å². The molecule has 3 aromatic rings. The van der Waals surface area contributed by atoms with Crippen LogP contribution in [0.3, 0.4) is 0 Å². The summed E-state index contributed by atoms with van der Waals surface area (Å²) in [5.74, 6) is 0.667. The lowest BCUT2D eigenvalue weighted by molar-refractivity contribution is 0.451. The second-order valence-electron chi connectivity index (χ2n) is 4.31. The van der Waals surface area contributed by atoms with Gasteiger partial charge in [0.1, 0.15) is 24.3 Å². The van der Waals surface area contributed by atoms with Gasteiger partial charge in [0.25, 0.3) is 0 Å². The predicted octanol–water partition coefficient (Wildman–Crippen LogP) is 2.94. The van der Waals surface area contributed by atoms with Crippen LogP contribution < -0.4 is 0 Å². The first kappa shape index (κ1) is 12.3. The third-order valence-electron chi connectivity index (χ3n) is 3.10. The number of rotatable bonds is 3. The van der Waals surface area contributed by atoms with Crippen LogP contribution in [0.2, 0.25) is 0 Å². The van der Waals surface area contributed by atoms with Crippen molar-refractivity contribution in [3.8, 4) is 17.5 Å². The highest BCUT2D eigenvalue weighted by Crippen LogP contribution is 2.24. The monoisotopic (exact) mass is 266 g/mol. The van der Waals surface area contributed by atoms with E-state index >= 15 is 0 Å². The van der Waals surface area contributed by atoms with E-state index in [-0.39, 0.29) is 6.54 Å². The zero-order valence-electron chi connectivity index (χ0n) is 10.6. The van der Waals surface area contributed by atoms with Crippen molar-refractivity contribution >= 4 is 11.0 Å². The highest BCUT2D eigenvalue weighted by molar-refractivity contribution is 5.80. The minimum Gasteiger partial charge on any atom is -0.321 e. The average molecular weight is 266 g/mol. The summed E-state index contributed by atoms with van der Waals surface area (Å²) < 4.78 is 14.6. The van der Waals surface area contributed by atoms with Gasteiger partial charge in [-0.15, -0.1) is 0 Å². The average Bonchev–Trinajstić information content (AvgIpc) is 2.87. The second kappa shape index (κ2) is 5.10. The molecular weight excluding hydrogens is 255 g/mol. The van der Waals surface area contributed by atoms with E-state index in [2.05, 4.69) is 9.97 Å². The maximum atomic E-state index is 12.8. The molecule has 0 unspecified atom stereocenters. The molecule has 0 fully saturated rings. The fraction of sp³-hybridized carbons (Fsp3) is 0.133. The molecule has 1 aromatic carbocycles. The molecule has 98 valence electrons. The Morgan fingerprint density at radius 3 is 2.75 bits per heavy atom. The molecule has 0 saturated heterocycles. The van der Waals surface area contributed by atoms with Crippen molar-refractivity contribution in [1.29, 1.82) is 5.26 Å². The fourth-order valence-corrected chi connectivity index (χ4v) is 2.20. The molecule has 0 aliphatic rings. The van der Waals surface area contributed by atoms with Crippen LogP contribution in [0.1, 0.15) is 5.69 Å². The van der Waals surface area contributed by atoms with Gasteiger partial charge in [0, 0.05) is 11.8 Å². The van der Waals surface area contributed by atoms with Crippen LogP contribution >= 0.6 is 0 Å². The number of pyridine rings is 1.